The highest BCUT2D eigenvalue weighted by Crippen LogP contribution is 2.35. The zero-order chi connectivity index (χ0) is 14.7. The van der Waals surface area contributed by atoms with Crippen molar-refractivity contribution in [2.45, 2.75) is 19.8 Å². The summed E-state index contributed by atoms with van der Waals surface area (Å²) in [6, 6.07) is 5.37. The van der Waals surface area contributed by atoms with Crippen LogP contribution in [0.2, 0.25) is 10.0 Å². The monoisotopic (exact) mass is 373 g/mol. The fourth-order valence-corrected chi connectivity index (χ4v) is 3.03. The molecule has 106 valence electrons. The van der Waals surface area contributed by atoms with Crippen molar-refractivity contribution in [2.75, 3.05) is 12.4 Å². The largest absolute Gasteiger partial charge is 0.372 e. The average molecular weight is 375 g/mol. The van der Waals surface area contributed by atoms with Gasteiger partial charge in [-0.3, -0.25) is 0 Å². The molecule has 6 heteroatoms. The van der Waals surface area contributed by atoms with Gasteiger partial charge in [-0.15, -0.1) is 0 Å². The Kier molecular flexibility index (Phi) is 5.24. The molecule has 2 aromatic rings. The van der Waals surface area contributed by atoms with Crippen LogP contribution in [-0.2, 0) is 6.42 Å². The molecule has 0 aliphatic carbocycles. The van der Waals surface area contributed by atoms with Gasteiger partial charge in [-0.25, -0.2) is 9.97 Å². The van der Waals surface area contributed by atoms with E-state index in [-0.39, 0.29) is 0 Å². The van der Waals surface area contributed by atoms with Crippen molar-refractivity contribution in [1.82, 2.24) is 9.97 Å². The van der Waals surface area contributed by atoms with E-state index >= 15 is 0 Å². The first-order valence-corrected chi connectivity index (χ1v) is 7.81. The van der Waals surface area contributed by atoms with Crippen molar-refractivity contribution in [3.05, 3.63) is 38.4 Å². The molecular weight excluding hydrogens is 361 g/mol. The number of hydrogen-bond donors (Lipinski definition) is 1. The zero-order valence-corrected chi connectivity index (χ0v) is 14.3. The molecule has 0 saturated carbocycles. The number of nitrogens with one attached hydrogen (secondary N) is 1. The molecule has 0 aliphatic rings. The Hall–Kier alpha value is -0.840. The maximum atomic E-state index is 6.23. The Morgan fingerprint density at radius 2 is 1.85 bits per heavy atom. The second-order valence-electron chi connectivity index (χ2n) is 4.25. The topological polar surface area (TPSA) is 37.8 Å². The molecule has 1 aromatic heterocycles. The van der Waals surface area contributed by atoms with E-state index in [0.29, 0.717) is 21.4 Å². The van der Waals surface area contributed by atoms with Gasteiger partial charge in [0.05, 0.1) is 25.8 Å². The number of aromatic nitrogens is 2. The zero-order valence-electron chi connectivity index (χ0n) is 11.2. The van der Waals surface area contributed by atoms with Gasteiger partial charge in [0.15, 0.2) is 5.82 Å². The quantitative estimate of drug-likeness (QED) is 0.798. The van der Waals surface area contributed by atoms with Crippen LogP contribution < -0.4 is 5.32 Å². The summed E-state index contributed by atoms with van der Waals surface area (Å²) >= 11 is 16.0. The number of anilines is 1. The molecule has 0 radical (unpaired) electrons. The number of aryl methyl sites for hydroxylation is 1. The van der Waals surface area contributed by atoms with Crippen LogP contribution in [0.15, 0.2) is 22.7 Å². The lowest BCUT2D eigenvalue weighted by Gasteiger charge is -2.12. The SMILES string of the molecule is CCCc1nc(-c2c(Cl)cccc2Cl)nc(NC)c1Br. The minimum absolute atomic E-state index is 0.539. The Labute approximate surface area is 136 Å². The lowest BCUT2D eigenvalue weighted by atomic mass is 10.2. The lowest BCUT2D eigenvalue weighted by Crippen LogP contribution is -2.03. The van der Waals surface area contributed by atoms with Gasteiger partial charge < -0.3 is 5.32 Å². The first-order chi connectivity index (χ1) is 9.58. The maximum Gasteiger partial charge on any atom is 0.164 e. The second kappa shape index (κ2) is 6.74. The summed E-state index contributed by atoms with van der Waals surface area (Å²) < 4.78 is 0.883. The van der Waals surface area contributed by atoms with E-state index in [0.717, 1.165) is 28.8 Å². The summed E-state index contributed by atoms with van der Waals surface area (Å²) in [4.78, 5) is 9.08. The first-order valence-electron chi connectivity index (χ1n) is 6.27. The van der Waals surface area contributed by atoms with Crippen molar-refractivity contribution < 1.29 is 0 Å². The molecule has 1 heterocycles. The predicted octanol–water partition coefficient (Wildman–Crippen LogP) is 5.21. The summed E-state index contributed by atoms with van der Waals surface area (Å²) in [6.07, 6.45) is 1.85. The third-order valence-electron chi connectivity index (χ3n) is 2.83. The van der Waals surface area contributed by atoms with Crippen molar-refractivity contribution in [1.29, 1.82) is 0 Å². The molecule has 0 atom stereocenters. The van der Waals surface area contributed by atoms with Gasteiger partial charge in [0, 0.05) is 7.05 Å². The van der Waals surface area contributed by atoms with Gasteiger partial charge >= 0.3 is 0 Å². The Morgan fingerprint density at radius 3 is 2.40 bits per heavy atom. The predicted molar refractivity (Wildman–Crippen MR) is 88.7 cm³/mol. The number of halogens is 3. The highest BCUT2D eigenvalue weighted by atomic mass is 79.9. The summed E-state index contributed by atoms with van der Waals surface area (Å²) in [6.45, 7) is 2.11. The molecule has 0 bridgehead atoms. The minimum atomic E-state index is 0.539. The van der Waals surface area contributed by atoms with Gasteiger partial charge in [0.2, 0.25) is 0 Å². The molecule has 0 spiro atoms. The summed E-state index contributed by atoms with van der Waals surface area (Å²) in [5.74, 6) is 1.27. The van der Waals surface area contributed by atoms with E-state index in [1.54, 1.807) is 18.2 Å². The average Bonchev–Trinajstić information content (AvgIpc) is 2.42. The third kappa shape index (κ3) is 3.08. The number of hydrogen-bond acceptors (Lipinski definition) is 3. The summed E-state index contributed by atoms with van der Waals surface area (Å²) in [5.41, 5.74) is 1.61. The van der Waals surface area contributed by atoms with E-state index in [4.69, 9.17) is 23.2 Å². The van der Waals surface area contributed by atoms with Crippen LogP contribution in [0, 0.1) is 0 Å². The Bertz CT molecular complexity index is 612. The van der Waals surface area contributed by atoms with Gasteiger partial charge in [-0.1, -0.05) is 42.6 Å². The van der Waals surface area contributed by atoms with E-state index in [9.17, 15) is 0 Å². The summed E-state index contributed by atoms with van der Waals surface area (Å²) in [7, 11) is 1.82. The van der Waals surface area contributed by atoms with Crippen molar-refractivity contribution in [3.63, 3.8) is 0 Å². The molecule has 0 unspecified atom stereocenters. The maximum absolute atomic E-state index is 6.23. The van der Waals surface area contributed by atoms with E-state index in [1.807, 2.05) is 7.05 Å². The second-order valence-corrected chi connectivity index (χ2v) is 5.86. The molecule has 0 fully saturated rings. The molecule has 0 aliphatic heterocycles. The molecule has 3 nitrogen and oxygen atoms in total. The molecule has 1 N–H and O–H groups in total. The Balaban J connectivity index is 2.65. The highest BCUT2D eigenvalue weighted by molar-refractivity contribution is 9.10. The van der Waals surface area contributed by atoms with Gasteiger partial charge in [-0.2, -0.15) is 0 Å². The van der Waals surface area contributed by atoms with Gasteiger partial charge in [0.1, 0.15) is 5.82 Å². The standard InChI is InChI=1S/C14H14BrCl2N3/c1-3-5-10-12(15)14(18-2)20-13(19-10)11-8(16)6-4-7-9(11)17/h4,6-7H,3,5H2,1-2H3,(H,18,19,20). The normalized spacial score (nSPS) is 10.7. The van der Waals surface area contributed by atoms with E-state index in [2.05, 4.69) is 38.1 Å². The number of rotatable bonds is 4. The third-order valence-corrected chi connectivity index (χ3v) is 4.29. The van der Waals surface area contributed by atoms with Crippen LogP contribution in [0.4, 0.5) is 5.82 Å². The van der Waals surface area contributed by atoms with Crippen LogP contribution in [0.1, 0.15) is 19.0 Å². The first kappa shape index (κ1) is 15.5. The Morgan fingerprint density at radius 1 is 1.20 bits per heavy atom. The number of nitrogens with zero attached hydrogens (tertiary/aromatic N) is 2. The fourth-order valence-electron chi connectivity index (χ4n) is 1.88. The lowest BCUT2D eigenvalue weighted by molar-refractivity contribution is 0.869. The molecule has 1 aromatic carbocycles. The minimum Gasteiger partial charge on any atom is -0.372 e. The van der Waals surface area contributed by atoms with Gasteiger partial charge in [-0.05, 0) is 34.5 Å². The van der Waals surface area contributed by atoms with Crippen molar-refractivity contribution in [2.24, 2.45) is 0 Å². The van der Waals surface area contributed by atoms with Gasteiger partial charge in [0.25, 0.3) is 0 Å². The molecular formula is C14H14BrCl2N3. The van der Waals surface area contributed by atoms with Crippen LogP contribution in [-0.4, -0.2) is 17.0 Å². The molecule has 20 heavy (non-hydrogen) atoms. The van der Waals surface area contributed by atoms with Crippen LogP contribution in [0.5, 0.6) is 0 Å². The van der Waals surface area contributed by atoms with Crippen LogP contribution in [0.25, 0.3) is 11.4 Å². The fraction of sp³-hybridized carbons (Fsp3) is 0.286. The van der Waals surface area contributed by atoms with Crippen LogP contribution >= 0.6 is 39.1 Å². The highest BCUT2D eigenvalue weighted by Gasteiger charge is 2.16. The molecule has 2 rings (SSSR count). The molecule has 0 amide bonds. The van der Waals surface area contributed by atoms with E-state index < -0.39 is 0 Å². The smallest absolute Gasteiger partial charge is 0.164 e. The van der Waals surface area contributed by atoms with Crippen LogP contribution in [0.3, 0.4) is 0 Å². The van der Waals surface area contributed by atoms with Crippen molar-refractivity contribution in [3.8, 4) is 11.4 Å². The molecule has 0 saturated heterocycles. The summed E-state index contributed by atoms with van der Waals surface area (Å²) in [5, 5.41) is 4.15. The van der Waals surface area contributed by atoms with Crippen molar-refractivity contribution >= 4 is 44.9 Å². The van der Waals surface area contributed by atoms with E-state index in [1.165, 1.54) is 0 Å². The number of benzene rings is 1.